The van der Waals surface area contributed by atoms with Crippen molar-refractivity contribution < 1.29 is 13.7 Å². The van der Waals surface area contributed by atoms with Gasteiger partial charge >= 0.3 is 6.09 Å². The Labute approximate surface area is 207 Å². The van der Waals surface area contributed by atoms with Crippen LogP contribution in [0, 0.1) is 0 Å². The molecule has 11 heteroatoms. The number of carbonyl (C=O) groups excluding carboxylic acids is 1. The number of hydrogen-bond donors (Lipinski definition) is 2. The summed E-state index contributed by atoms with van der Waals surface area (Å²) in [6, 6.07) is 14.7. The lowest BCUT2D eigenvalue weighted by atomic mass is 10.2. The van der Waals surface area contributed by atoms with Crippen molar-refractivity contribution in [3.63, 3.8) is 0 Å². The van der Waals surface area contributed by atoms with Gasteiger partial charge in [0.2, 0.25) is 5.95 Å². The van der Waals surface area contributed by atoms with Crippen molar-refractivity contribution in [2.24, 2.45) is 4.36 Å². The van der Waals surface area contributed by atoms with E-state index in [0.29, 0.717) is 28.9 Å². The fourth-order valence-corrected chi connectivity index (χ4v) is 4.96. The molecule has 3 aromatic heterocycles. The van der Waals surface area contributed by atoms with Gasteiger partial charge in [-0.3, -0.25) is 4.98 Å². The van der Waals surface area contributed by atoms with Crippen LogP contribution in [0.4, 0.5) is 22.2 Å². The second-order valence-corrected chi connectivity index (χ2v) is 10.6. The molecule has 1 amide bonds. The van der Waals surface area contributed by atoms with Crippen LogP contribution in [0.15, 0.2) is 81.8 Å². The summed E-state index contributed by atoms with van der Waals surface area (Å²) in [5.74, 6) is 1.10. The van der Waals surface area contributed by atoms with Crippen LogP contribution in [-0.4, -0.2) is 38.1 Å². The van der Waals surface area contributed by atoms with Gasteiger partial charge in [0, 0.05) is 46.9 Å². The van der Waals surface area contributed by atoms with Gasteiger partial charge in [-0.15, -0.1) is 15.7 Å². The van der Waals surface area contributed by atoms with Crippen molar-refractivity contribution in [3.8, 4) is 10.4 Å². The van der Waals surface area contributed by atoms with E-state index in [0.717, 1.165) is 16.0 Å². The van der Waals surface area contributed by atoms with E-state index < -0.39 is 15.8 Å². The second kappa shape index (κ2) is 11.1. The summed E-state index contributed by atoms with van der Waals surface area (Å²) in [5.41, 5.74) is 2.68. The van der Waals surface area contributed by atoms with Crippen molar-refractivity contribution >= 4 is 44.6 Å². The molecule has 1 aromatic carbocycles. The molecule has 35 heavy (non-hydrogen) atoms. The maximum absolute atomic E-state index is 12.8. The number of ether oxygens (including phenoxy) is 1. The lowest BCUT2D eigenvalue weighted by Crippen LogP contribution is -2.07. The second-order valence-electron chi connectivity index (χ2n) is 7.38. The fourth-order valence-electron chi connectivity index (χ4n) is 3.14. The topological polar surface area (TPSA) is 118 Å². The van der Waals surface area contributed by atoms with Crippen molar-refractivity contribution in [3.05, 3.63) is 78.1 Å². The van der Waals surface area contributed by atoms with Gasteiger partial charge in [0.1, 0.15) is 5.82 Å². The Morgan fingerprint density at radius 2 is 1.91 bits per heavy atom. The first-order valence-corrected chi connectivity index (χ1v) is 13.5. The van der Waals surface area contributed by atoms with E-state index in [1.807, 2.05) is 29.6 Å². The molecular formula is C24H24N6O3S2. The van der Waals surface area contributed by atoms with Crippen LogP contribution in [0.1, 0.15) is 12.5 Å². The zero-order chi connectivity index (χ0) is 24.7. The summed E-state index contributed by atoms with van der Waals surface area (Å²) in [4.78, 5) is 26.3. The number of nitrogens with one attached hydrogen (secondary N) is 2. The summed E-state index contributed by atoms with van der Waals surface area (Å²) >= 11 is 1.61. The molecule has 0 fully saturated rings. The normalized spacial score (nSPS) is 12.4. The molecule has 1 unspecified atom stereocenters. The van der Waals surface area contributed by atoms with Crippen LogP contribution in [0.5, 0.6) is 0 Å². The Balaban J connectivity index is 1.55. The Kier molecular flexibility index (Phi) is 7.68. The minimum atomic E-state index is -2.91. The van der Waals surface area contributed by atoms with Gasteiger partial charge in [-0.1, -0.05) is 6.07 Å². The average molecular weight is 509 g/mol. The first kappa shape index (κ1) is 24.3. The van der Waals surface area contributed by atoms with Gasteiger partial charge in [-0.25, -0.2) is 14.0 Å². The quantitative estimate of drug-likeness (QED) is 0.317. The number of carbonyl (C=O) groups is 1. The summed E-state index contributed by atoms with van der Waals surface area (Å²) in [7, 11) is -2.91. The zero-order valence-electron chi connectivity index (χ0n) is 19.2. The van der Waals surface area contributed by atoms with Crippen LogP contribution in [0.2, 0.25) is 0 Å². The van der Waals surface area contributed by atoms with Gasteiger partial charge in [-0.05, 0) is 60.3 Å². The van der Waals surface area contributed by atoms with Crippen LogP contribution < -0.4 is 10.6 Å². The van der Waals surface area contributed by atoms with Crippen molar-refractivity contribution in [1.29, 1.82) is 0 Å². The zero-order valence-corrected chi connectivity index (χ0v) is 20.8. The lowest BCUT2D eigenvalue weighted by Gasteiger charge is -2.13. The molecule has 1 atom stereocenters. The number of benzene rings is 1. The van der Waals surface area contributed by atoms with Crippen LogP contribution in [0.25, 0.3) is 10.4 Å². The number of amides is 1. The molecule has 4 rings (SSSR count). The highest BCUT2D eigenvalue weighted by atomic mass is 32.2. The minimum absolute atomic E-state index is 0.172. The predicted octanol–water partition coefficient (Wildman–Crippen LogP) is 5.57. The van der Waals surface area contributed by atoms with E-state index in [2.05, 4.69) is 25.0 Å². The number of rotatable bonds is 8. The molecule has 0 saturated carbocycles. The third-order valence-electron chi connectivity index (χ3n) is 4.85. The van der Waals surface area contributed by atoms with Crippen LogP contribution in [0.3, 0.4) is 0 Å². The maximum atomic E-state index is 12.8. The number of pyridine rings is 1. The van der Waals surface area contributed by atoms with Crippen molar-refractivity contribution in [2.45, 2.75) is 18.4 Å². The average Bonchev–Trinajstić information content (AvgIpc) is 3.38. The van der Waals surface area contributed by atoms with Crippen LogP contribution >= 0.6 is 11.3 Å². The Hall–Kier alpha value is -3.83. The third-order valence-corrected chi connectivity index (χ3v) is 7.40. The standard InChI is InChI=1S/C24H24N6O3S2/c1-3-33-24(31)30-35(2,32)19-8-6-18(7-9-19)28-23-27-16-20(21-5-4-14-34-21)22(29-23)26-15-17-10-12-25-13-11-17/h4-14,16H,3,15H2,1-2H3,(H2,26,27,28,29). The molecule has 0 spiro atoms. The van der Waals surface area contributed by atoms with Crippen molar-refractivity contribution in [1.82, 2.24) is 15.0 Å². The smallest absolute Gasteiger partial charge is 0.442 e. The van der Waals surface area contributed by atoms with Gasteiger partial charge in [0.25, 0.3) is 0 Å². The molecular weight excluding hydrogens is 484 g/mol. The Bertz CT molecular complexity index is 1400. The highest BCUT2D eigenvalue weighted by Gasteiger charge is 2.13. The number of thiophene rings is 1. The van der Waals surface area contributed by atoms with Crippen molar-refractivity contribution in [2.75, 3.05) is 23.5 Å². The van der Waals surface area contributed by atoms with Gasteiger partial charge < -0.3 is 15.4 Å². The first-order chi connectivity index (χ1) is 16.9. The van der Waals surface area contributed by atoms with Gasteiger partial charge in [0.15, 0.2) is 0 Å². The summed E-state index contributed by atoms with van der Waals surface area (Å²) in [5, 5.41) is 8.58. The molecule has 9 nitrogen and oxygen atoms in total. The molecule has 0 bridgehead atoms. The number of hydrogen-bond acceptors (Lipinski definition) is 9. The van der Waals surface area contributed by atoms with E-state index >= 15 is 0 Å². The van der Waals surface area contributed by atoms with E-state index in [1.54, 1.807) is 61.1 Å². The van der Waals surface area contributed by atoms with E-state index in [9.17, 15) is 9.00 Å². The molecule has 4 aromatic rings. The fraction of sp³-hybridized carbons (Fsp3) is 0.167. The third kappa shape index (κ3) is 6.40. The highest BCUT2D eigenvalue weighted by molar-refractivity contribution is 7.93. The predicted molar refractivity (Wildman–Crippen MR) is 138 cm³/mol. The molecule has 3 heterocycles. The summed E-state index contributed by atoms with van der Waals surface area (Å²) in [6.07, 6.45) is 5.85. The lowest BCUT2D eigenvalue weighted by molar-refractivity contribution is 0.164. The van der Waals surface area contributed by atoms with E-state index in [-0.39, 0.29) is 6.61 Å². The monoisotopic (exact) mass is 508 g/mol. The van der Waals surface area contributed by atoms with Crippen LogP contribution in [-0.2, 0) is 21.0 Å². The molecule has 0 aliphatic carbocycles. The molecule has 180 valence electrons. The molecule has 2 N–H and O–H groups in total. The van der Waals surface area contributed by atoms with Gasteiger partial charge in [-0.2, -0.15) is 4.98 Å². The number of nitrogens with zero attached hydrogens (tertiary/aromatic N) is 4. The maximum Gasteiger partial charge on any atom is 0.442 e. The number of aromatic nitrogens is 3. The molecule has 0 radical (unpaired) electrons. The largest absolute Gasteiger partial charge is 0.448 e. The molecule has 0 aliphatic rings. The first-order valence-electron chi connectivity index (χ1n) is 10.7. The Morgan fingerprint density at radius 3 is 2.60 bits per heavy atom. The molecule has 0 aliphatic heterocycles. The van der Waals surface area contributed by atoms with E-state index in [4.69, 9.17) is 9.72 Å². The highest BCUT2D eigenvalue weighted by Crippen LogP contribution is 2.31. The number of anilines is 3. The van der Waals surface area contributed by atoms with E-state index in [1.165, 1.54) is 6.26 Å². The minimum Gasteiger partial charge on any atom is -0.448 e. The Morgan fingerprint density at radius 1 is 1.14 bits per heavy atom. The summed E-state index contributed by atoms with van der Waals surface area (Å²) in [6.45, 7) is 2.42. The molecule has 0 saturated heterocycles. The van der Waals surface area contributed by atoms with Gasteiger partial charge in [0.05, 0.1) is 21.9 Å². The summed E-state index contributed by atoms with van der Waals surface area (Å²) < 4.78 is 21.3. The SMILES string of the molecule is CCOC(=O)N=S(C)(=O)c1ccc(Nc2ncc(-c3cccs3)c(NCc3ccncc3)n2)cc1.